The van der Waals surface area contributed by atoms with Crippen molar-refractivity contribution in [2.24, 2.45) is 0 Å². The van der Waals surface area contributed by atoms with E-state index in [0.29, 0.717) is 11.3 Å². The average Bonchev–Trinajstić information content (AvgIpc) is 2.59. The number of anilines is 1. The van der Waals surface area contributed by atoms with Gasteiger partial charge in [0.2, 0.25) is 5.88 Å². The molecule has 26 heavy (non-hydrogen) atoms. The maximum atomic E-state index is 12.6. The molecule has 6 nitrogen and oxygen atoms in total. The van der Waals surface area contributed by atoms with E-state index < -0.39 is 24.4 Å². The lowest BCUT2D eigenvalue weighted by molar-refractivity contribution is -0.141. The third-order valence-electron chi connectivity index (χ3n) is 3.19. The molecule has 0 fully saturated rings. The fourth-order valence-corrected chi connectivity index (χ4v) is 1.94. The highest BCUT2D eigenvalue weighted by Crippen LogP contribution is 2.28. The molecule has 1 aromatic carbocycles. The highest BCUT2D eigenvalue weighted by molar-refractivity contribution is 5.95. The average molecular weight is 367 g/mol. The SMILES string of the molecule is CN(C)C(=O)c1ccc(NC(=O)COc2cccc(C(F)(F)F)n2)cc1. The molecule has 0 bridgehead atoms. The number of hydrogen-bond donors (Lipinski definition) is 1. The van der Waals surface area contributed by atoms with Crippen LogP contribution >= 0.6 is 0 Å². The molecule has 1 heterocycles. The zero-order valence-electron chi connectivity index (χ0n) is 14.0. The van der Waals surface area contributed by atoms with Crippen molar-refractivity contribution in [2.75, 3.05) is 26.0 Å². The number of carbonyl (C=O) groups is 2. The Morgan fingerprint density at radius 1 is 1.12 bits per heavy atom. The summed E-state index contributed by atoms with van der Waals surface area (Å²) in [5.74, 6) is -1.06. The molecule has 2 rings (SSSR count). The molecule has 0 unspecified atom stereocenters. The first-order valence-corrected chi connectivity index (χ1v) is 7.45. The molecular weight excluding hydrogens is 351 g/mol. The molecular formula is C17H16F3N3O3. The van der Waals surface area contributed by atoms with Gasteiger partial charge in [0.1, 0.15) is 5.69 Å². The molecule has 0 saturated carbocycles. The van der Waals surface area contributed by atoms with Gasteiger partial charge < -0.3 is 15.0 Å². The number of halogens is 3. The van der Waals surface area contributed by atoms with Crippen LogP contribution in [0.3, 0.4) is 0 Å². The number of rotatable bonds is 5. The minimum Gasteiger partial charge on any atom is -0.468 e. The number of hydrogen-bond acceptors (Lipinski definition) is 4. The summed E-state index contributed by atoms with van der Waals surface area (Å²) in [7, 11) is 3.24. The normalized spacial score (nSPS) is 11.0. The van der Waals surface area contributed by atoms with Gasteiger partial charge in [-0.05, 0) is 30.3 Å². The van der Waals surface area contributed by atoms with Crippen LogP contribution in [0.5, 0.6) is 5.88 Å². The van der Waals surface area contributed by atoms with Gasteiger partial charge in [-0.3, -0.25) is 9.59 Å². The Labute approximate surface area is 147 Å². The van der Waals surface area contributed by atoms with Crippen LogP contribution in [-0.4, -0.2) is 42.4 Å². The van der Waals surface area contributed by atoms with Gasteiger partial charge in [-0.15, -0.1) is 0 Å². The molecule has 1 N–H and O–H groups in total. The van der Waals surface area contributed by atoms with E-state index in [1.54, 1.807) is 26.2 Å². The van der Waals surface area contributed by atoms with Crippen LogP contribution in [0.15, 0.2) is 42.5 Å². The van der Waals surface area contributed by atoms with E-state index in [4.69, 9.17) is 4.74 Å². The van der Waals surface area contributed by atoms with E-state index in [-0.39, 0.29) is 11.8 Å². The number of alkyl halides is 3. The largest absolute Gasteiger partial charge is 0.468 e. The first-order valence-electron chi connectivity index (χ1n) is 7.45. The van der Waals surface area contributed by atoms with E-state index in [9.17, 15) is 22.8 Å². The summed E-state index contributed by atoms with van der Waals surface area (Å²) in [6, 6.07) is 9.35. The predicted octanol–water partition coefficient (Wildman–Crippen LogP) is 2.82. The van der Waals surface area contributed by atoms with E-state index in [2.05, 4.69) is 10.3 Å². The summed E-state index contributed by atoms with van der Waals surface area (Å²) in [6.45, 7) is -0.507. The standard InChI is InChI=1S/C17H16F3N3O3/c1-23(2)16(25)11-6-8-12(9-7-11)21-14(24)10-26-15-5-3-4-13(22-15)17(18,19)20/h3-9H,10H2,1-2H3,(H,21,24). The molecule has 0 aliphatic rings. The van der Waals surface area contributed by atoms with Crippen molar-refractivity contribution in [3.05, 3.63) is 53.7 Å². The molecule has 1 aromatic heterocycles. The molecule has 0 saturated heterocycles. The second kappa shape index (κ2) is 7.85. The van der Waals surface area contributed by atoms with Gasteiger partial charge in [0, 0.05) is 31.4 Å². The van der Waals surface area contributed by atoms with E-state index in [1.807, 2.05) is 0 Å². The smallest absolute Gasteiger partial charge is 0.433 e. The fraction of sp³-hybridized carbons (Fsp3) is 0.235. The Morgan fingerprint density at radius 2 is 1.77 bits per heavy atom. The summed E-state index contributed by atoms with van der Waals surface area (Å²) < 4.78 is 42.7. The lowest BCUT2D eigenvalue weighted by Gasteiger charge is -2.11. The number of amides is 2. The maximum absolute atomic E-state index is 12.6. The topological polar surface area (TPSA) is 71.5 Å². The second-order valence-electron chi connectivity index (χ2n) is 5.47. The molecule has 0 radical (unpaired) electrons. The van der Waals surface area contributed by atoms with E-state index >= 15 is 0 Å². The van der Waals surface area contributed by atoms with E-state index in [0.717, 1.165) is 12.1 Å². The molecule has 0 atom stereocenters. The van der Waals surface area contributed by atoms with Crippen molar-refractivity contribution in [3.8, 4) is 5.88 Å². The summed E-state index contributed by atoms with van der Waals surface area (Å²) in [6.07, 6.45) is -4.59. The van der Waals surface area contributed by atoms with Crippen molar-refractivity contribution in [2.45, 2.75) is 6.18 Å². The first kappa shape index (κ1) is 19.2. The number of nitrogens with one attached hydrogen (secondary N) is 1. The first-order chi connectivity index (χ1) is 12.2. The van der Waals surface area contributed by atoms with Crippen molar-refractivity contribution in [3.63, 3.8) is 0 Å². The molecule has 2 aromatic rings. The van der Waals surface area contributed by atoms with E-state index in [1.165, 1.54) is 23.1 Å². The number of nitrogens with zero attached hydrogens (tertiary/aromatic N) is 2. The highest BCUT2D eigenvalue weighted by atomic mass is 19.4. The summed E-state index contributed by atoms with van der Waals surface area (Å²) in [5, 5.41) is 2.51. The van der Waals surface area contributed by atoms with Crippen molar-refractivity contribution in [1.82, 2.24) is 9.88 Å². The van der Waals surface area contributed by atoms with Crippen LogP contribution in [0, 0.1) is 0 Å². The van der Waals surface area contributed by atoms with Gasteiger partial charge in [-0.25, -0.2) is 4.98 Å². The van der Waals surface area contributed by atoms with Crippen LogP contribution in [0.2, 0.25) is 0 Å². The number of aromatic nitrogens is 1. The van der Waals surface area contributed by atoms with Crippen LogP contribution in [0.25, 0.3) is 0 Å². The summed E-state index contributed by atoms with van der Waals surface area (Å²) >= 11 is 0. The van der Waals surface area contributed by atoms with Gasteiger partial charge in [0.25, 0.3) is 11.8 Å². The Balaban J connectivity index is 1.92. The minimum absolute atomic E-state index is 0.179. The van der Waals surface area contributed by atoms with Crippen molar-refractivity contribution in [1.29, 1.82) is 0 Å². The fourth-order valence-electron chi connectivity index (χ4n) is 1.94. The minimum atomic E-state index is -4.59. The Hall–Kier alpha value is -3.10. The Bertz CT molecular complexity index is 790. The number of pyridine rings is 1. The van der Waals surface area contributed by atoms with Crippen molar-refractivity contribution < 1.29 is 27.5 Å². The Morgan fingerprint density at radius 3 is 2.35 bits per heavy atom. The molecule has 2 amide bonds. The zero-order valence-corrected chi connectivity index (χ0v) is 14.0. The molecule has 9 heteroatoms. The van der Waals surface area contributed by atoms with Crippen molar-refractivity contribution >= 4 is 17.5 Å². The Kier molecular flexibility index (Phi) is 5.81. The number of carbonyl (C=O) groups excluding carboxylic acids is 2. The zero-order chi connectivity index (χ0) is 19.3. The van der Waals surface area contributed by atoms with Crippen LogP contribution in [0.4, 0.5) is 18.9 Å². The molecule has 0 aliphatic heterocycles. The van der Waals surface area contributed by atoms with Crippen LogP contribution < -0.4 is 10.1 Å². The van der Waals surface area contributed by atoms with Crippen LogP contribution in [0.1, 0.15) is 16.1 Å². The number of benzene rings is 1. The van der Waals surface area contributed by atoms with Gasteiger partial charge >= 0.3 is 6.18 Å². The third-order valence-corrected chi connectivity index (χ3v) is 3.19. The van der Waals surface area contributed by atoms with Gasteiger partial charge in [0.05, 0.1) is 0 Å². The summed E-state index contributed by atoms with van der Waals surface area (Å²) in [5.41, 5.74) is -0.222. The monoisotopic (exact) mass is 367 g/mol. The highest BCUT2D eigenvalue weighted by Gasteiger charge is 2.32. The quantitative estimate of drug-likeness (QED) is 0.882. The lowest BCUT2D eigenvalue weighted by atomic mass is 10.2. The predicted molar refractivity (Wildman–Crippen MR) is 87.8 cm³/mol. The van der Waals surface area contributed by atoms with Gasteiger partial charge in [-0.2, -0.15) is 13.2 Å². The van der Waals surface area contributed by atoms with Gasteiger partial charge in [0.15, 0.2) is 6.61 Å². The molecule has 138 valence electrons. The summed E-state index contributed by atoms with van der Waals surface area (Å²) in [4.78, 5) is 28.3. The third kappa shape index (κ3) is 5.20. The maximum Gasteiger partial charge on any atom is 0.433 e. The van der Waals surface area contributed by atoms with Gasteiger partial charge in [-0.1, -0.05) is 6.07 Å². The molecule has 0 spiro atoms. The second-order valence-corrected chi connectivity index (χ2v) is 5.47. The molecule has 0 aliphatic carbocycles. The number of ether oxygens (including phenoxy) is 1. The lowest BCUT2D eigenvalue weighted by Crippen LogP contribution is -2.22. The van der Waals surface area contributed by atoms with Crippen LogP contribution in [-0.2, 0) is 11.0 Å².